The second-order valence-electron chi connectivity index (χ2n) is 23.2. The van der Waals surface area contributed by atoms with Crippen LogP contribution in [-0.2, 0) is 65.4 Å². The number of aliphatic hydroxyl groups is 1. The van der Waals surface area contributed by atoms with E-state index in [4.69, 9.17) is 37.0 Å². The van der Waals surface area contributed by atoms with Crippen LogP contribution in [-0.4, -0.2) is 96.7 Å². The number of ether oxygens (including phenoxy) is 4. The molecule has 0 amide bonds. The fourth-order valence-electron chi connectivity index (χ4n) is 9.45. The maximum Gasteiger partial charge on any atom is 0.472 e. The summed E-state index contributed by atoms with van der Waals surface area (Å²) >= 11 is 0. The van der Waals surface area contributed by atoms with E-state index < -0.39 is 97.5 Å². The molecule has 3 N–H and O–H groups in total. The Morgan fingerprint density at radius 1 is 0.329 bits per heavy atom. The van der Waals surface area contributed by atoms with E-state index >= 15 is 0 Å². The third-order valence-corrected chi connectivity index (χ3v) is 16.6. The molecule has 2 unspecified atom stereocenters. The van der Waals surface area contributed by atoms with Gasteiger partial charge in [-0.2, -0.15) is 0 Å². The minimum absolute atomic E-state index is 0.0856. The molecule has 0 heterocycles. The van der Waals surface area contributed by atoms with Crippen molar-refractivity contribution in [3.05, 3.63) is 24.3 Å². The molecule has 0 saturated carbocycles. The van der Waals surface area contributed by atoms with Crippen LogP contribution < -0.4 is 0 Å². The molecule has 0 aliphatic rings. The van der Waals surface area contributed by atoms with Crippen molar-refractivity contribution >= 4 is 39.5 Å². The van der Waals surface area contributed by atoms with E-state index in [1.54, 1.807) is 0 Å². The monoisotopic (exact) mass is 1250 g/mol. The minimum Gasteiger partial charge on any atom is -0.462 e. The first-order valence-electron chi connectivity index (χ1n) is 34.1. The topological polar surface area (TPSA) is 237 Å². The predicted molar refractivity (Wildman–Crippen MR) is 340 cm³/mol. The molecule has 0 fully saturated rings. The molecule has 0 spiro atoms. The molecule has 0 radical (unpaired) electrons. The molecular formula is C66H124O17P2. The number of carbonyl (C=O) groups excluding carboxylic acids is 4. The molecule has 0 aromatic rings. The smallest absolute Gasteiger partial charge is 0.462 e. The van der Waals surface area contributed by atoms with Gasteiger partial charge in [-0.3, -0.25) is 37.3 Å². The summed E-state index contributed by atoms with van der Waals surface area (Å²) in [4.78, 5) is 72.1. The summed E-state index contributed by atoms with van der Waals surface area (Å²) < 4.78 is 67.9. The SMILES string of the molecule is CCCCCC/C=C\C=C/CCCCCCCC(=O)O[C@H](COC(=O)CCCCCCCCCCCCCCC)COP(=O)(O)OC[C@@H](O)COP(=O)(O)OC[C@@H](COC(=O)CCCCCCC)OC(=O)CCCCCCCCCCCCCC. The van der Waals surface area contributed by atoms with Gasteiger partial charge in [-0.15, -0.1) is 0 Å². The summed E-state index contributed by atoms with van der Waals surface area (Å²) in [7, 11) is -9.89. The number of allylic oxidation sites excluding steroid dienone is 4. The second kappa shape index (κ2) is 60.5. The van der Waals surface area contributed by atoms with Crippen LogP contribution in [0.25, 0.3) is 0 Å². The molecule has 500 valence electrons. The van der Waals surface area contributed by atoms with Gasteiger partial charge < -0.3 is 33.8 Å². The van der Waals surface area contributed by atoms with E-state index in [2.05, 4.69) is 52.0 Å². The van der Waals surface area contributed by atoms with Crippen LogP contribution in [0.4, 0.5) is 0 Å². The number of hydrogen-bond donors (Lipinski definition) is 3. The highest BCUT2D eigenvalue weighted by molar-refractivity contribution is 7.47. The maximum absolute atomic E-state index is 13.0. The first kappa shape index (κ1) is 82.5. The second-order valence-corrected chi connectivity index (χ2v) is 26.1. The van der Waals surface area contributed by atoms with Crippen molar-refractivity contribution in [3.63, 3.8) is 0 Å². The molecule has 0 aliphatic carbocycles. The number of unbranched alkanes of at least 4 members (excludes halogenated alkanes) is 36. The quantitative estimate of drug-likeness (QED) is 0.0169. The van der Waals surface area contributed by atoms with Crippen molar-refractivity contribution in [2.75, 3.05) is 39.6 Å². The summed E-state index contributed by atoms with van der Waals surface area (Å²) in [5, 5.41) is 10.5. The lowest BCUT2D eigenvalue weighted by Crippen LogP contribution is -2.30. The van der Waals surface area contributed by atoms with Gasteiger partial charge in [-0.05, 0) is 51.4 Å². The van der Waals surface area contributed by atoms with Crippen LogP contribution in [0.2, 0.25) is 0 Å². The number of phosphoric ester groups is 2. The van der Waals surface area contributed by atoms with Crippen molar-refractivity contribution in [2.24, 2.45) is 0 Å². The van der Waals surface area contributed by atoms with Crippen molar-refractivity contribution in [1.82, 2.24) is 0 Å². The van der Waals surface area contributed by atoms with E-state index in [-0.39, 0.29) is 25.7 Å². The molecule has 5 atom stereocenters. The van der Waals surface area contributed by atoms with Crippen LogP contribution >= 0.6 is 15.6 Å². The number of aliphatic hydroxyl groups excluding tert-OH is 1. The molecule has 0 aromatic heterocycles. The van der Waals surface area contributed by atoms with Crippen molar-refractivity contribution in [3.8, 4) is 0 Å². The Balaban J connectivity index is 5.21. The molecular weight excluding hydrogens is 1130 g/mol. The largest absolute Gasteiger partial charge is 0.472 e. The first-order chi connectivity index (χ1) is 41.2. The van der Waals surface area contributed by atoms with Crippen LogP contribution in [0.3, 0.4) is 0 Å². The molecule has 0 aromatic carbocycles. The highest BCUT2D eigenvalue weighted by atomic mass is 31.2. The van der Waals surface area contributed by atoms with Gasteiger partial charge in [0.25, 0.3) is 0 Å². The van der Waals surface area contributed by atoms with E-state index in [1.807, 2.05) is 0 Å². The van der Waals surface area contributed by atoms with Crippen LogP contribution in [0.1, 0.15) is 317 Å². The zero-order chi connectivity index (χ0) is 62.6. The predicted octanol–water partition coefficient (Wildman–Crippen LogP) is 18.3. The summed E-state index contributed by atoms with van der Waals surface area (Å²) in [6, 6.07) is 0. The Hall–Kier alpha value is -2.46. The fraction of sp³-hybridized carbons (Fsp3) is 0.879. The van der Waals surface area contributed by atoms with E-state index in [0.29, 0.717) is 25.7 Å². The summed E-state index contributed by atoms with van der Waals surface area (Å²) in [6.07, 6.45) is 49.6. The van der Waals surface area contributed by atoms with Gasteiger partial charge in [0.2, 0.25) is 0 Å². The van der Waals surface area contributed by atoms with Gasteiger partial charge >= 0.3 is 39.5 Å². The van der Waals surface area contributed by atoms with Gasteiger partial charge in [0.1, 0.15) is 19.3 Å². The van der Waals surface area contributed by atoms with E-state index in [0.717, 1.165) is 109 Å². The van der Waals surface area contributed by atoms with E-state index in [1.165, 1.54) is 128 Å². The standard InChI is InChI=1S/C66H124O17P2/c1-5-9-13-17-20-23-26-29-30-32-35-38-41-45-49-53-66(71)83-62(57-77-64(69)51-47-43-39-36-34-31-27-24-21-18-14-10-6-2)59-81-85(74,75)79-55-60(67)54-78-84(72,73)80-58-61(56-76-63(68)50-46-42-16-12-8-4)82-65(70)52-48-44-40-37-33-28-25-22-19-15-11-7-3/h23,26,29-30,60-62,67H,5-22,24-25,27-28,31-59H2,1-4H3,(H,72,73)(H,74,75)/b26-23-,30-29-/t60-,61+,62+/m0/s1. The molecule has 0 bridgehead atoms. The lowest BCUT2D eigenvalue weighted by Gasteiger charge is -2.21. The minimum atomic E-state index is -4.95. The Morgan fingerprint density at radius 3 is 0.859 bits per heavy atom. The first-order valence-corrected chi connectivity index (χ1v) is 37.1. The Kier molecular flexibility index (Phi) is 58.7. The number of rotatable bonds is 65. The number of carbonyl (C=O) groups is 4. The van der Waals surface area contributed by atoms with Crippen LogP contribution in [0, 0.1) is 0 Å². The Morgan fingerprint density at radius 2 is 0.565 bits per heavy atom. The number of hydrogen-bond acceptors (Lipinski definition) is 15. The molecule has 0 rings (SSSR count). The summed E-state index contributed by atoms with van der Waals surface area (Å²) in [5.41, 5.74) is 0. The van der Waals surface area contributed by atoms with Crippen molar-refractivity contribution in [2.45, 2.75) is 335 Å². The Labute approximate surface area is 516 Å². The number of esters is 4. The fourth-order valence-corrected chi connectivity index (χ4v) is 11.0. The Bertz CT molecular complexity index is 1730. The highest BCUT2D eigenvalue weighted by Gasteiger charge is 2.30. The lowest BCUT2D eigenvalue weighted by molar-refractivity contribution is -0.161. The molecule has 0 aliphatic heterocycles. The van der Waals surface area contributed by atoms with Crippen LogP contribution in [0.15, 0.2) is 24.3 Å². The van der Waals surface area contributed by atoms with Crippen molar-refractivity contribution in [1.29, 1.82) is 0 Å². The average molecular weight is 1250 g/mol. The maximum atomic E-state index is 13.0. The normalized spacial score (nSPS) is 14.3. The van der Waals surface area contributed by atoms with Crippen LogP contribution in [0.5, 0.6) is 0 Å². The van der Waals surface area contributed by atoms with Gasteiger partial charge in [-0.1, -0.05) is 264 Å². The zero-order valence-corrected chi connectivity index (χ0v) is 55.8. The summed E-state index contributed by atoms with van der Waals surface area (Å²) in [5.74, 6) is -2.17. The number of phosphoric acid groups is 2. The van der Waals surface area contributed by atoms with Gasteiger partial charge in [-0.25, -0.2) is 9.13 Å². The van der Waals surface area contributed by atoms with Crippen molar-refractivity contribution < 1.29 is 80.2 Å². The summed E-state index contributed by atoms with van der Waals surface area (Å²) in [6.45, 7) is 4.76. The van der Waals surface area contributed by atoms with E-state index in [9.17, 15) is 43.2 Å². The van der Waals surface area contributed by atoms with Gasteiger partial charge in [0.05, 0.1) is 26.4 Å². The van der Waals surface area contributed by atoms with Gasteiger partial charge in [0.15, 0.2) is 12.2 Å². The average Bonchev–Trinajstić information content (AvgIpc) is 3.51. The third-order valence-electron chi connectivity index (χ3n) is 14.7. The highest BCUT2D eigenvalue weighted by Crippen LogP contribution is 2.45. The lowest BCUT2D eigenvalue weighted by atomic mass is 10.0. The van der Waals surface area contributed by atoms with Gasteiger partial charge in [0, 0.05) is 25.7 Å². The molecule has 19 heteroatoms. The molecule has 0 saturated heterocycles. The molecule has 85 heavy (non-hydrogen) atoms. The molecule has 17 nitrogen and oxygen atoms in total. The third kappa shape index (κ3) is 60.2. The zero-order valence-electron chi connectivity index (χ0n) is 54.1.